The van der Waals surface area contributed by atoms with Crippen LogP contribution in [0.1, 0.15) is 45.7 Å². The SMILES string of the molecule is CCN(CC)CCN(C)Cc1cccc(C(=O)Nc2ccc(I)cc2C(=O)NN=Cc2ccc(F)cc2)c1. The summed E-state index contributed by atoms with van der Waals surface area (Å²) in [5.41, 5.74) is 5.33. The molecule has 0 aromatic heterocycles. The smallest absolute Gasteiger partial charge is 0.273 e. The summed E-state index contributed by atoms with van der Waals surface area (Å²) in [4.78, 5) is 30.6. The number of likely N-dealkylation sites (N-methyl/N-ethyl adjacent to an activating group) is 2. The number of hydrogen-bond donors (Lipinski definition) is 2. The van der Waals surface area contributed by atoms with Gasteiger partial charge in [-0.1, -0.05) is 38.1 Å². The van der Waals surface area contributed by atoms with Crippen LogP contribution in [0.4, 0.5) is 10.1 Å². The number of hydrazone groups is 1. The first-order chi connectivity index (χ1) is 18.3. The van der Waals surface area contributed by atoms with E-state index in [2.05, 4.69) is 69.1 Å². The molecule has 3 aromatic carbocycles. The fraction of sp³-hybridized carbons (Fsp3) is 0.276. The predicted octanol–water partition coefficient (Wildman–Crippen LogP) is 5.22. The highest BCUT2D eigenvalue weighted by Crippen LogP contribution is 2.20. The van der Waals surface area contributed by atoms with Gasteiger partial charge in [-0.25, -0.2) is 9.82 Å². The molecule has 0 aliphatic rings. The number of anilines is 1. The first-order valence-corrected chi connectivity index (χ1v) is 13.6. The topological polar surface area (TPSA) is 77.0 Å². The van der Waals surface area contributed by atoms with Crippen molar-refractivity contribution in [2.75, 3.05) is 38.5 Å². The Morgan fingerprint density at radius 1 is 0.974 bits per heavy atom. The van der Waals surface area contributed by atoms with Crippen molar-refractivity contribution in [3.05, 3.63) is 98.4 Å². The maximum atomic E-state index is 13.1. The lowest BCUT2D eigenvalue weighted by Gasteiger charge is -2.23. The Labute approximate surface area is 237 Å². The third kappa shape index (κ3) is 9.00. The number of carbonyl (C=O) groups is 2. The normalized spacial score (nSPS) is 11.3. The number of halogens is 2. The van der Waals surface area contributed by atoms with Gasteiger partial charge in [0.1, 0.15) is 5.82 Å². The Bertz CT molecular complexity index is 1260. The molecule has 3 rings (SSSR count). The van der Waals surface area contributed by atoms with Crippen LogP contribution in [0.2, 0.25) is 0 Å². The van der Waals surface area contributed by atoms with Crippen LogP contribution in [0, 0.1) is 9.39 Å². The monoisotopic (exact) mass is 629 g/mol. The molecule has 0 spiro atoms. The number of hydrogen-bond acceptors (Lipinski definition) is 5. The number of benzene rings is 3. The second-order valence-corrected chi connectivity index (χ2v) is 10.1. The van der Waals surface area contributed by atoms with E-state index in [-0.39, 0.29) is 17.3 Å². The molecule has 0 fully saturated rings. The Morgan fingerprint density at radius 3 is 2.42 bits per heavy atom. The Balaban J connectivity index is 1.66. The van der Waals surface area contributed by atoms with E-state index in [1.54, 1.807) is 30.3 Å². The molecule has 0 atom stereocenters. The van der Waals surface area contributed by atoms with Gasteiger partial charge in [-0.05, 0) is 96.3 Å². The summed E-state index contributed by atoms with van der Waals surface area (Å²) < 4.78 is 13.9. The molecule has 0 aliphatic heterocycles. The first kappa shape index (κ1) is 29.4. The number of rotatable bonds is 12. The summed E-state index contributed by atoms with van der Waals surface area (Å²) in [7, 11) is 2.07. The van der Waals surface area contributed by atoms with E-state index >= 15 is 0 Å². The third-order valence-electron chi connectivity index (χ3n) is 6.06. The highest BCUT2D eigenvalue weighted by molar-refractivity contribution is 14.1. The van der Waals surface area contributed by atoms with Gasteiger partial charge in [-0.15, -0.1) is 0 Å². The largest absolute Gasteiger partial charge is 0.321 e. The van der Waals surface area contributed by atoms with Gasteiger partial charge >= 0.3 is 0 Å². The van der Waals surface area contributed by atoms with Gasteiger partial charge in [0.15, 0.2) is 0 Å². The number of nitrogens with zero attached hydrogens (tertiary/aromatic N) is 3. The van der Waals surface area contributed by atoms with Crippen molar-refractivity contribution >= 4 is 46.3 Å². The summed E-state index contributed by atoms with van der Waals surface area (Å²) >= 11 is 2.11. The third-order valence-corrected chi connectivity index (χ3v) is 6.73. The minimum Gasteiger partial charge on any atom is -0.321 e. The second kappa shape index (κ2) is 14.7. The minimum absolute atomic E-state index is 0.286. The van der Waals surface area contributed by atoms with Gasteiger partial charge in [0.05, 0.1) is 17.5 Å². The first-order valence-electron chi connectivity index (χ1n) is 12.5. The maximum Gasteiger partial charge on any atom is 0.273 e. The van der Waals surface area contributed by atoms with Gasteiger partial charge in [0, 0.05) is 28.8 Å². The average molecular weight is 630 g/mol. The van der Waals surface area contributed by atoms with Crippen LogP contribution in [-0.4, -0.2) is 61.1 Å². The second-order valence-electron chi connectivity index (χ2n) is 8.86. The van der Waals surface area contributed by atoms with Crippen molar-refractivity contribution in [3.63, 3.8) is 0 Å². The van der Waals surface area contributed by atoms with Crippen LogP contribution in [-0.2, 0) is 6.54 Å². The molecule has 2 amide bonds. The molecule has 0 aliphatic carbocycles. The summed E-state index contributed by atoms with van der Waals surface area (Å²) in [6, 6.07) is 18.4. The molecule has 2 N–H and O–H groups in total. The molecular formula is C29H33FIN5O2. The summed E-state index contributed by atoms with van der Waals surface area (Å²) in [5, 5.41) is 6.83. The fourth-order valence-corrected chi connectivity index (χ4v) is 4.33. The molecule has 0 unspecified atom stereocenters. The molecule has 3 aromatic rings. The Morgan fingerprint density at radius 2 is 1.71 bits per heavy atom. The molecule has 200 valence electrons. The molecule has 7 nitrogen and oxygen atoms in total. The van der Waals surface area contributed by atoms with Crippen LogP contribution in [0.3, 0.4) is 0 Å². The van der Waals surface area contributed by atoms with Crippen LogP contribution in [0.25, 0.3) is 0 Å². The summed E-state index contributed by atoms with van der Waals surface area (Å²) in [5.74, 6) is -1.12. The van der Waals surface area contributed by atoms with Gasteiger partial charge in [0.2, 0.25) is 0 Å². The summed E-state index contributed by atoms with van der Waals surface area (Å²) in [6.07, 6.45) is 1.42. The highest BCUT2D eigenvalue weighted by atomic mass is 127. The zero-order valence-corrected chi connectivity index (χ0v) is 24.0. The van der Waals surface area contributed by atoms with Crippen molar-refractivity contribution in [2.45, 2.75) is 20.4 Å². The van der Waals surface area contributed by atoms with E-state index in [9.17, 15) is 14.0 Å². The zero-order valence-electron chi connectivity index (χ0n) is 21.9. The molecule has 0 saturated carbocycles. The van der Waals surface area contributed by atoms with E-state index in [0.29, 0.717) is 16.8 Å². The van der Waals surface area contributed by atoms with E-state index in [1.807, 2.05) is 24.3 Å². The van der Waals surface area contributed by atoms with E-state index in [0.717, 1.165) is 41.9 Å². The number of nitrogens with one attached hydrogen (secondary N) is 2. The zero-order chi connectivity index (χ0) is 27.5. The predicted molar refractivity (Wildman–Crippen MR) is 159 cm³/mol. The van der Waals surface area contributed by atoms with E-state index in [1.165, 1.54) is 18.3 Å². The van der Waals surface area contributed by atoms with E-state index in [4.69, 9.17) is 0 Å². The Hall–Kier alpha value is -3.15. The van der Waals surface area contributed by atoms with E-state index < -0.39 is 5.91 Å². The molecule has 9 heteroatoms. The molecular weight excluding hydrogens is 596 g/mol. The quantitative estimate of drug-likeness (QED) is 0.164. The lowest BCUT2D eigenvalue weighted by atomic mass is 10.1. The van der Waals surface area contributed by atoms with Crippen LogP contribution >= 0.6 is 22.6 Å². The highest BCUT2D eigenvalue weighted by Gasteiger charge is 2.15. The van der Waals surface area contributed by atoms with Crippen molar-refractivity contribution < 1.29 is 14.0 Å². The van der Waals surface area contributed by atoms with Crippen molar-refractivity contribution in [3.8, 4) is 0 Å². The van der Waals surface area contributed by atoms with Gasteiger partial charge in [0.25, 0.3) is 11.8 Å². The molecule has 0 radical (unpaired) electrons. The van der Waals surface area contributed by atoms with Crippen LogP contribution < -0.4 is 10.7 Å². The van der Waals surface area contributed by atoms with Crippen molar-refractivity contribution in [2.24, 2.45) is 5.10 Å². The maximum absolute atomic E-state index is 13.1. The van der Waals surface area contributed by atoms with Crippen LogP contribution in [0.5, 0.6) is 0 Å². The molecule has 0 bridgehead atoms. The lowest BCUT2D eigenvalue weighted by molar-refractivity contribution is 0.0956. The van der Waals surface area contributed by atoms with Crippen molar-refractivity contribution in [1.29, 1.82) is 0 Å². The van der Waals surface area contributed by atoms with Gasteiger partial charge < -0.3 is 15.1 Å². The Kier molecular flexibility index (Phi) is 11.4. The summed E-state index contributed by atoms with van der Waals surface area (Å²) in [6.45, 7) is 9.03. The van der Waals surface area contributed by atoms with Crippen LogP contribution in [0.15, 0.2) is 71.8 Å². The van der Waals surface area contributed by atoms with Crippen molar-refractivity contribution in [1.82, 2.24) is 15.2 Å². The molecule has 0 heterocycles. The fourth-order valence-electron chi connectivity index (χ4n) is 3.84. The van der Waals surface area contributed by atoms with Gasteiger partial charge in [-0.2, -0.15) is 5.10 Å². The number of carbonyl (C=O) groups excluding carboxylic acids is 2. The average Bonchev–Trinajstić information content (AvgIpc) is 2.91. The van der Waals surface area contributed by atoms with Gasteiger partial charge in [-0.3, -0.25) is 9.59 Å². The number of amides is 2. The molecule has 38 heavy (non-hydrogen) atoms. The minimum atomic E-state index is -0.472. The standard InChI is InChI=1S/C29H33FIN5O2/c1-4-36(5-2)16-15-35(3)20-22-7-6-8-23(17-22)28(37)33-27-14-13-25(31)18-26(27)29(38)34-32-19-21-9-11-24(30)12-10-21/h6-14,17-19H,4-5,15-16,20H2,1-3H3,(H,33,37)(H,34,38). The molecule has 0 saturated heterocycles. The lowest BCUT2D eigenvalue weighted by Crippen LogP contribution is -2.32.